The normalized spacial score (nSPS) is 11.4. The van der Waals surface area contributed by atoms with Crippen molar-refractivity contribution in [2.75, 3.05) is 32.6 Å². The molecule has 0 aliphatic heterocycles. The number of alkyl halides is 3. The molecule has 154 valence electrons. The highest BCUT2D eigenvalue weighted by Crippen LogP contribution is 2.33. The van der Waals surface area contributed by atoms with Crippen molar-refractivity contribution in [3.8, 4) is 5.75 Å². The quantitative estimate of drug-likeness (QED) is 0.231. The number of nitrogens with zero attached hydrogens (tertiary/aromatic N) is 2. The van der Waals surface area contributed by atoms with Gasteiger partial charge in [-0.2, -0.15) is 13.2 Å². The van der Waals surface area contributed by atoms with Gasteiger partial charge in [-0.3, -0.25) is 4.99 Å². The molecule has 0 atom stereocenters. The Kier molecular flexibility index (Phi) is 9.83. The fraction of sp³-hybridized carbons (Fsp3) is 0.333. The van der Waals surface area contributed by atoms with Gasteiger partial charge in [0.2, 0.25) is 0 Å². The summed E-state index contributed by atoms with van der Waals surface area (Å²) >= 11 is 0. The maximum Gasteiger partial charge on any atom is 0.419 e. The van der Waals surface area contributed by atoms with Crippen molar-refractivity contribution in [1.29, 1.82) is 0 Å². The summed E-state index contributed by atoms with van der Waals surface area (Å²) in [6.45, 7) is 1.15. The second-order valence-corrected chi connectivity index (χ2v) is 5.53. The summed E-state index contributed by atoms with van der Waals surface area (Å²) in [5.41, 5.74) is 0.226. The van der Waals surface area contributed by atoms with Crippen LogP contribution in [0.1, 0.15) is 11.1 Å². The van der Waals surface area contributed by atoms with E-state index in [1.165, 1.54) is 12.3 Å². The van der Waals surface area contributed by atoms with Crippen LogP contribution in [0.4, 0.5) is 19.0 Å². The molecule has 2 aromatic rings. The van der Waals surface area contributed by atoms with Crippen molar-refractivity contribution >= 4 is 35.8 Å². The Balaban J connectivity index is 0.00000392. The van der Waals surface area contributed by atoms with Crippen molar-refractivity contribution in [2.45, 2.75) is 12.7 Å². The monoisotopic (exact) mass is 509 g/mol. The molecule has 0 radical (unpaired) electrons. The van der Waals surface area contributed by atoms with E-state index in [2.05, 4.69) is 25.9 Å². The molecule has 0 saturated heterocycles. The number of hydrogen-bond acceptors (Lipinski definition) is 4. The summed E-state index contributed by atoms with van der Waals surface area (Å²) < 4.78 is 43.9. The van der Waals surface area contributed by atoms with Gasteiger partial charge < -0.3 is 20.7 Å². The zero-order valence-corrected chi connectivity index (χ0v) is 17.8. The second-order valence-electron chi connectivity index (χ2n) is 5.53. The third kappa shape index (κ3) is 7.41. The van der Waals surface area contributed by atoms with Crippen LogP contribution < -0.4 is 20.7 Å². The summed E-state index contributed by atoms with van der Waals surface area (Å²) in [4.78, 5) is 7.84. The van der Waals surface area contributed by atoms with Gasteiger partial charge in [-0.25, -0.2) is 4.98 Å². The molecule has 0 aliphatic rings. The average Bonchev–Trinajstić information content (AvgIpc) is 2.67. The van der Waals surface area contributed by atoms with E-state index in [4.69, 9.17) is 4.74 Å². The van der Waals surface area contributed by atoms with E-state index in [0.29, 0.717) is 19.0 Å². The van der Waals surface area contributed by atoms with Crippen molar-refractivity contribution in [3.05, 3.63) is 53.7 Å². The molecule has 0 saturated carbocycles. The first-order valence-corrected chi connectivity index (χ1v) is 8.27. The number of aromatic nitrogens is 1. The van der Waals surface area contributed by atoms with E-state index in [-0.39, 0.29) is 36.3 Å². The smallest absolute Gasteiger partial charge is 0.419 e. The zero-order chi connectivity index (χ0) is 19.7. The molecule has 0 unspecified atom stereocenters. The molecule has 0 bridgehead atoms. The first-order valence-electron chi connectivity index (χ1n) is 8.27. The minimum absolute atomic E-state index is 0. The second kappa shape index (κ2) is 11.6. The lowest BCUT2D eigenvalue weighted by Crippen LogP contribution is -2.39. The minimum atomic E-state index is -4.45. The molecule has 28 heavy (non-hydrogen) atoms. The molecule has 6 nitrogen and oxygen atoms in total. The number of anilines is 1. The maximum absolute atomic E-state index is 12.9. The van der Waals surface area contributed by atoms with Gasteiger partial charge >= 0.3 is 6.18 Å². The number of nitrogens with one attached hydrogen (secondary N) is 3. The Morgan fingerprint density at radius 2 is 1.93 bits per heavy atom. The molecule has 0 amide bonds. The van der Waals surface area contributed by atoms with Gasteiger partial charge in [0.15, 0.2) is 5.96 Å². The first-order chi connectivity index (χ1) is 12.9. The molecule has 2 rings (SSSR count). The topological polar surface area (TPSA) is 70.6 Å². The van der Waals surface area contributed by atoms with Crippen molar-refractivity contribution in [2.24, 2.45) is 4.99 Å². The van der Waals surface area contributed by atoms with Crippen molar-refractivity contribution in [3.63, 3.8) is 0 Å². The highest BCUT2D eigenvalue weighted by Gasteiger charge is 2.33. The zero-order valence-electron chi connectivity index (χ0n) is 15.5. The van der Waals surface area contributed by atoms with Gasteiger partial charge in [-0.05, 0) is 29.8 Å². The Morgan fingerprint density at radius 3 is 2.61 bits per heavy atom. The van der Waals surface area contributed by atoms with Gasteiger partial charge in [0, 0.05) is 32.9 Å². The Bertz CT molecular complexity index is 771. The highest BCUT2D eigenvalue weighted by atomic mass is 127. The maximum atomic E-state index is 12.9. The van der Waals surface area contributed by atoms with Crippen LogP contribution in [-0.4, -0.2) is 38.2 Å². The number of guanidine groups is 1. The number of pyridine rings is 1. The van der Waals surface area contributed by atoms with Crippen LogP contribution in [0.3, 0.4) is 0 Å². The summed E-state index contributed by atoms with van der Waals surface area (Å²) in [6.07, 6.45) is -3.13. The lowest BCUT2D eigenvalue weighted by molar-refractivity contribution is -0.137. The summed E-state index contributed by atoms with van der Waals surface area (Å²) in [5.74, 6) is 1.11. The van der Waals surface area contributed by atoms with Crippen LogP contribution in [-0.2, 0) is 12.7 Å². The van der Waals surface area contributed by atoms with E-state index < -0.39 is 11.7 Å². The Labute approximate surface area is 179 Å². The largest absolute Gasteiger partial charge is 0.497 e. The van der Waals surface area contributed by atoms with Crippen LogP contribution in [0.25, 0.3) is 0 Å². The number of hydrogen-bond donors (Lipinski definition) is 3. The molecule has 10 heteroatoms. The number of halogens is 4. The van der Waals surface area contributed by atoms with Crippen molar-refractivity contribution < 1.29 is 17.9 Å². The molecule has 1 aromatic carbocycles. The van der Waals surface area contributed by atoms with Gasteiger partial charge in [0.25, 0.3) is 0 Å². The molecular weight excluding hydrogens is 486 g/mol. The lowest BCUT2D eigenvalue weighted by Gasteiger charge is -2.15. The number of benzene rings is 1. The van der Waals surface area contributed by atoms with Crippen LogP contribution in [0.5, 0.6) is 5.75 Å². The molecule has 3 N–H and O–H groups in total. The first kappa shape index (κ1) is 23.8. The van der Waals surface area contributed by atoms with Gasteiger partial charge in [-0.15, -0.1) is 24.0 Å². The Hall–Kier alpha value is -2.24. The molecule has 1 heterocycles. The van der Waals surface area contributed by atoms with Gasteiger partial charge in [0.05, 0.1) is 12.7 Å². The van der Waals surface area contributed by atoms with Crippen LogP contribution >= 0.6 is 24.0 Å². The number of methoxy groups -OCH3 is 1. The third-order valence-corrected chi connectivity index (χ3v) is 3.64. The van der Waals surface area contributed by atoms with Gasteiger partial charge in [-0.1, -0.05) is 12.1 Å². The SMILES string of the molecule is CN=C(NCCNc1ncccc1C(F)(F)F)NCc1cccc(OC)c1.I. The molecular formula is C18H23F3IN5O. The number of ether oxygens (including phenoxy) is 1. The minimum Gasteiger partial charge on any atom is -0.497 e. The third-order valence-electron chi connectivity index (χ3n) is 3.64. The van der Waals surface area contributed by atoms with Crippen LogP contribution in [0.2, 0.25) is 0 Å². The highest BCUT2D eigenvalue weighted by molar-refractivity contribution is 14.0. The van der Waals surface area contributed by atoms with E-state index in [1.54, 1.807) is 14.2 Å². The van der Waals surface area contributed by atoms with Crippen molar-refractivity contribution in [1.82, 2.24) is 15.6 Å². The van der Waals surface area contributed by atoms with E-state index in [9.17, 15) is 13.2 Å². The number of aliphatic imine (C=N–C) groups is 1. The Morgan fingerprint density at radius 1 is 1.14 bits per heavy atom. The fourth-order valence-corrected chi connectivity index (χ4v) is 2.33. The van der Waals surface area contributed by atoms with Crippen LogP contribution in [0, 0.1) is 0 Å². The molecule has 1 aromatic heterocycles. The molecule has 0 spiro atoms. The van der Waals surface area contributed by atoms with E-state index >= 15 is 0 Å². The van der Waals surface area contributed by atoms with Gasteiger partial charge in [0.1, 0.15) is 11.6 Å². The summed E-state index contributed by atoms with van der Waals surface area (Å²) in [6, 6.07) is 9.86. The summed E-state index contributed by atoms with van der Waals surface area (Å²) in [5, 5.41) is 8.86. The summed E-state index contributed by atoms with van der Waals surface area (Å²) in [7, 11) is 3.22. The van der Waals surface area contributed by atoms with Crippen LogP contribution in [0.15, 0.2) is 47.6 Å². The average molecular weight is 509 g/mol. The lowest BCUT2D eigenvalue weighted by atomic mass is 10.2. The predicted molar refractivity (Wildman–Crippen MR) is 114 cm³/mol. The standard InChI is InChI=1S/C18H22F3N5O.HI/c1-22-17(26-12-13-5-3-6-14(11-13)27-2)25-10-9-24-16-15(18(19,20)21)7-4-8-23-16;/h3-8,11H,9-10,12H2,1-2H3,(H,23,24)(H2,22,25,26);1H. The van der Waals surface area contributed by atoms with E-state index in [0.717, 1.165) is 17.4 Å². The predicted octanol–water partition coefficient (Wildman–Crippen LogP) is 3.50. The molecule has 0 fully saturated rings. The fourth-order valence-electron chi connectivity index (χ4n) is 2.33. The molecule has 0 aliphatic carbocycles. The number of rotatable bonds is 7. The van der Waals surface area contributed by atoms with E-state index in [1.807, 2.05) is 24.3 Å².